The highest BCUT2D eigenvalue weighted by atomic mass is 35.5. The van der Waals surface area contributed by atoms with Crippen molar-refractivity contribution in [3.63, 3.8) is 0 Å². The molecule has 33 heavy (non-hydrogen) atoms. The number of hydrogen-bond acceptors (Lipinski definition) is 4. The molecule has 1 atom stereocenters. The van der Waals surface area contributed by atoms with Gasteiger partial charge < -0.3 is 19.8 Å². The summed E-state index contributed by atoms with van der Waals surface area (Å²) in [6.45, 7) is 0.700. The zero-order valence-electron chi connectivity index (χ0n) is 18.0. The number of urea groups is 1. The number of anilines is 1. The predicted molar refractivity (Wildman–Crippen MR) is 131 cm³/mol. The van der Waals surface area contributed by atoms with E-state index < -0.39 is 0 Å². The molecule has 1 heterocycles. The van der Waals surface area contributed by atoms with Gasteiger partial charge in [0.2, 0.25) is 0 Å². The molecule has 0 radical (unpaired) electrons. The SMILES string of the molecule is COc1ccccc1NC(=O)N(Cc1cccc(Cl)c1)C[C@H]1CC(c2ccc(Cl)cc2)=NO1. The Hall–Kier alpha value is -3.22. The number of nitrogens with one attached hydrogen (secondary N) is 1. The molecular formula is C25H23Cl2N3O3. The second-order valence-electron chi connectivity index (χ2n) is 7.62. The number of oxime groups is 1. The van der Waals surface area contributed by atoms with E-state index in [9.17, 15) is 4.79 Å². The van der Waals surface area contributed by atoms with Crippen LogP contribution in [-0.4, -0.2) is 36.4 Å². The van der Waals surface area contributed by atoms with Crippen molar-refractivity contribution in [2.75, 3.05) is 19.0 Å². The number of halogens is 2. The number of amides is 2. The molecule has 0 fully saturated rings. The van der Waals surface area contributed by atoms with Crippen molar-refractivity contribution in [1.29, 1.82) is 0 Å². The summed E-state index contributed by atoms with van der Waals surface area (Å²) >= 11 is 12.1. The van der Waals surface area contributed by atoms with Crippen molar-refractivity contribution in [2.45, 2.75) is 19.1 Å². The molecule has 0 bridgehead atoms. The van der Waals surface area contributed by atoms with Crippen LogP contribution in [0.3, 0.4) is 0 Å². The van der Waals surface area contributed by atoms with Crippen LogP contribution in [0.5, 0.6) is 5.75 Å². The zero-order valence-corrected chi connectivity index (χ0v) is 19.5. The molecule has 0 saturated heterocycles. The number of ether oxygens (including phenoxy) is 1. The highest BCUT2D eigenvalue weighted by Crippen LogP contribution is 2.25. The van der Waals surface area contributed by atoms with Gasteiger partial charge in [0, 0.05) is 23.0 Å². The first kappa shape index (κ1) is 23.0. The Labute approximate surface area is 202 Å². The Bertz CT molecular complexity index is 1150. The number of nitrogens with zero attached hydrogens (tertiary/aromatic N) is 2. The van der Waals surface area contributed by atoms with Gasteiger partial charge in [-0.3, -0.25) is 0 Å². The van der Waals surface area contributed by atoms with Crippen molar-refractivity contribution < 1.29 is 14.4 Å². The van der Waals surface area contributed by atoms with Gasteiger partial charge in [-0.25, -0.2) is 4.79 Å². The first-order valence-electron chi connectivity index (χ1n) is 10.4. The molecule has 170 valence electrons. The Kier molecular flexibility index (Phi) is 7.37. The van der Waals surface area contributed by atoms with Crippen LogP contribution in [0.2, 0.25) is 10.0 Å². The van der Waals surface area contributed by atoms with Crippen molar-refractivity contribution >= 4 is 40.6 Å². The van der Waals surface area contributed by atoms with Crippen LogP contribution < -0.4 is 10.1 Å². The van der Waals surface area contributed by atoms with Crippen molar-refractivity contribution in [3.8, 4) is 5.75 Å². The predicted octanol–water partition coefficient (Wildman–Crippen LogP) is 6.23. The molecule has 8 heteroatoms. The fraction of sp³-hybridized carbons (Fsp3) is 0.200. The van der Waals surface area contributed by atoms with E-state index in [1.165, 1.54) is 0 Å². The third kappa shape index (κ3) is 5.97. The first-order valence-corrected chi connectivity index (χ1v) is 11.2. The number of rotatable bonds is 7. The van der Waals surface area contributed by atoms with Crippen LogP contribution in [0.1, 0.15) is 17.5 Å². The first-order chi connectivity index (χ1) is 16.0. The van der Waals surface area contributed by atoms with E-state index in [1.807, 2.05) is 54.6 Å². The van der Waals surface area contributed by atoms with E-state index >= 15 is 0 Å². The van der Waals surface area contributed by atoms with Crippen LogP contribution >= 0.6 is 23.2 Å². The minimum Gasteiger partial charge on any atom is -0.495 e. The lowest BCUT2D eigenvalue weighted by Gasteiger charge is -2.25. The highest BCUT2D eigenvalue weighted by molar-refractivity contribution is 6.31. The lowest BCUT2D eigenvalue weighted by atomic mass is 10.0. The molecule has 0 saturated carbocycles. The maximum Gasteiger partial charge on any atom is 0.322 e. The molecule has 2 amide bonds. The summed E-state index contributed by atoms with van der Waals surface area (Å²) in [5.41, 5.74) is 3.27. The number of benzene rings is 3. The fourth-order valence-corrected chi connectivity index (χ4v) is 3.94. The normalized spacial score (nSPS) is 14.9. The lowest BCUT2D eigenvalue weighted by Crippen LogP contribution is -2.40. The molecule has 6 nitrogen and oxygen atoms in total. The Balaban J connectivity index is 1.49. The summed E-state index contributed by atoms with van der Waals surface area (Å²) in [6.07, 6.45) is 0.300. The number of carbonyl (C=O) groups excluding carboxylic acids is 1. The second-order valence-corrected chi connectivity index (χ2v) is 8.49. The van der Waals surface area contributed by atoms with E-state index in [0.29, 0.717) is 41.0 Å². The van der Waals surface area contributed by atoms with Crippen LogP contribution in [0.25, 0.3) is 0 Å². The second kappa shape index (κ2) is 10.6. The summed E-state index contributed by atoms with van der Waals surface area (Å²) in [5, 5.41) is 8.45. The Morgan fingerprint density at radius 3 is 2.64 bits per heavy atom. The van der Waals surface area contributed by atoms with E-state index in [1.54, 1.807) is 30.2 Å². The minimum atomic E-state index is -0.279. The van der Waals surface area contributed by atoms with E-state index in [2.05, 4.69) is 10.5 Å². The number of methoxy groups -OCH3 is 1. The molecule has 1 aliphatic heterocycles. The summed E-state index contributed by atoms with van der Waals surface area (Å²) in [5.74, 6) is 0.582. The third-order valence-electron chi connectivity index (χ3n) is 5.23. The molecule has 1 N–H and O–H groups in total. The van der Waals surface area contributed by atoms with Crippen LogP contribution in [0.15, 0.2) is 78.0 Å². The molecule has 1 aliphatic rings. The summed E-state index contributed by atoms with van der Waals surface area (Å²) < 4.78 is 5.36. The molecule has 4 rings (SSSR count). The minimum absolute atomic E-state index is 0.275. The van der Waals surface area contributed by atoms with Gasteiger partial charge >= 0.3 is 6.03 Å². The highest BCUT2D eigenvalue weighted by Gasteiger charge is 2.27. The average molecular weight is 484 g/mol. The molecule has 0 aliphatic carbocycles. The van der Waals surface area contributed by atoms with E-state index in [4.69, 9.17) is 32.8 Å². The smallest absolute Gasteiger partial charge is 0.322 e. The van der Waals surface area contributed by atoms with Gasteiger partial charge in [0.1, 0.15) is 5.75 Å². The average Bonchev–Trinajstić information content (AvgIpc) is 3.28. The Morgan fingerprint density at radius 2 is 1.88 bits per heavy atom. The lowest BCUT2D eigenvalue weighted by molar-refractivity contribution is 0.0608. The van der Waals surface area contributed by atoms with Gasteiger partial charge in [-0.05, 0) is 47.5 Å². The van der Waals surface area contributed by atoms with Crippen molar-refractivity contribution in [2.24, 2.45) is 5.16 Å². The van der Waals surface area contributed by atoms with Crippen LogP contribution in [-0.2, 0) is 11.4 Å². The Morgan fingerprint density at radius 1 is 1.09 bits per heavy atom. The van der Waals surface area contributed by atoms with Gasteiger partial charge in [-0.2, -0.15) is 0 Å². The molecule has 0 aromatic heterocycles. The standard InChI is InChI=1S/C25H23Cl2N3O3/c1-32-24-8-3-2-7-22(24)28-25(31)30(15-17-5-4-6-20(27)13-17)16-21-14-23(29-33-21)18-9-11-19(26)12-10-18/h2-13,21H,14-16H2,1H3,(H,28,31)/t21-/m1/s1. The summed E-state index contributed by atoms with van der Waals surface area (Å²) in [4.78, 5) is 20.6. The van der Waals surface area contributed by atoms with Crippen LogP contribution in [0, 0.1) is 0 Å². The topological polar surface area (TPSA) is 63.2 Å². The van der Waals surface area contributed by atoms with Gasteiger partial charge in [-0.1, -0.05) is 64.8 Å². The number of hydrogen-bond donors (Lipinski definition) is 1. The quantitative estimate of drug-likeness (QED) is 0.433. The molecule has 0 unspecified atom stereocenters. The number of para-hydroxylation sites is 2. The maximum atomic E-state index is 13.3. The summed E-state index contributed by atoms with van der Waals surface area (Å²) in [7, 11) is 1.57. The number of carbonyl (C=O) groups is 1. The van der Waals surface area contributed by atoms with Gasteiger partial charge in [0.15, 0.2) is 6.10 Å². The van der Waals surface area contributed by atoms with Gasteiger partial charge in [0.05, 0.1) is 25.1 Å². The van der Waals surface area contributed by atoms with E-state index in [0.717, 1.165) is 16.8 Å². The van der Waals surface area contributed by atoms with Gasteiger partial charge in [-0.15, -0.1) is 0 Å². The molecule has 0 spiro atoms. The van der Waals surface area contributed by atoms with Crippen molar-refractivity contribution in [3.05, 3.63) is 94.0 Å². The fourth-order valence-electron chi connectivity index (χ4n) is 3.60. The molecular weight excluding hydrogens is 461 g/mol. The monoisotopic (exact) mass is 483 g/mol. The van der Waals surface area contributed by atoms with Crippen molar-refractivity contribution in [1.82, 2.24) is 4.90 Å². The third-order valence-corrected chi connectivity index (χ3v) is 5.72. The van der Waals surface area contributed by atoms with Crippen LogP contribution in [0.4, 0.5) is 10.5 Å². The molecule has 3 aromatic rings. The largest absolute Gasteiger partial charge is 0.495 e. The summed E-state index contributed by atoms with van der Waals surface area (Å²) in [6, 6.07) is 21.9. The molecule has 3 aromatic carbocycles. The van der Waals surface area contributed by atoms with Gasteiger partial charge in [0.25, 0.3) is 0 Å². The zero-order chi connectivity index (χ0) is 23.2. The van der Waals surface area contributed by atoms with E-state index in [-0.39, 0.29) is 12.1 Å². The maximum absolute atomic E-state index is 13.3.